The lowest BCUT2D eigenvalue weighted by atomic mass is 10.0. The van der Waals surface area contributed by atoms with Gasteiger partial charge in [0.05, 0.1) is 0 Å². The van der Waals surface area contributed by atoms with Gasteiger partial charge in [0.15, 0.2) is 5.13 Å². The van der Waals surface area contributed by atoms with Gasteiger partial charge in [-0.15, -0.1) is 0 Å². The number of aromatic nitrogens is 1. The first kappa shape index (κ1) is 22.8. The van der Waals surface area contributed by atoms with Gasteiger partial charge in [0.1, 0.15) is 28.6 Å². The number of ether oxygens (including phenoxy) is 1. The highest BCUT2D eigenvalue weighted by Gasteiger charge is 2.44. The molecule has 172 valence electrons. The van der Waals surface area contributed by atoms with E-state index in [0.717, 1.165) is 24.2 Å². The van der Waals surface area contributed by atoms with Gasteiger partial charge >= 0.3 is 0 Å². The molecule has 0 atom stereocenters. The molecule has 1 aliphatic carbocycles. The van der Waals surface area contributed by atoms with Crippen LogP contribution in [0.3, 0.4) is 0 Å². The molecule has 2 amide bonds. The standard InChI is InChI=1S/C24H23F2N3O3S/c1-14(30)29(18-10-11-18)24(2,3)22(31)28-23-27-20(15-4-6-16(25)7-5-15)21(33-23)32-19-12-8-17(26)9-13-19/h4-9,12-13,18H,10-11H2,1-3H3,(H,27,28,31). The van der Waals surface area contributed by atoms with Gasteiger partial charge in [-0.3, -0.25) is 14.9 Å². The highest BCUT2D eigenvalue weighted by atomic mass is 32.1. The van der Waals surface area contributed by atoms with Crippen LogP contribution in [-0.4, -0.2) is 33.3 Å². The van der Waals surface area contributed by atoms with Crippen molar-refractivity contribution in [3.8, 4) is 22.1 Å². The summed E-state index contributed by atoms with van der Waals surface area (Å²) in [7, 11) is 0. The molecule has 1 heterocycles. The maximum atomic E-state index is 13.4. The largest absolute Gasteiger partial charge is 0.444 e. The third-order valence-electron chi connectivity index (χ3n) is 5.37. The van der Waals surface area contributed by atoms with Crippen molar-refractivity contribution in [1.29, 1.82) is 0 Å². The minimum Gasteiger partial charge on any atom is -0.444 e. The molecule has 6 nitrogen and oxygen atoms in total. The lowest BCUT2D eigenvalue weighted by Gasteiger charge is -2.36. The van der Waals surface area contributed by atoms with Crippen LogP contribution in [0.15, 0.2) is 48.5 Å². The molecule has 4 rings (SSSR count). The molecule has 9 heteroatoms. The monoisotopic (exact) mass is 471 g/mol. The molecular weight excluding hydrogens is 448 g/mol. The smallest absolute Gasteiger partial charge is 0.251 e. The maximum Gasteiger partial charge on any atom is 0.251 e. The van der Waals surface area contributed by atoms with Crippen molar-refractivity contribution in [3.63, 3.8) is 0 Å². The molecule has 2 aromatic carbocycles. The number of hydrogen-bond acceptors (Lipinski definition) is 5. The lowest BCUT2D eigenvalue weighted by Crippen LogP contribution is -2.55. The van der Waals surface area contributed by atoms with Crippen LogP contribution in [0.25, 0.3) is 11.3 Å². The van der Waals surface area contributed by atoms with Crippen LogP contribution in [0.4, 0.5) is 13.9 Å². The Hall–Kier alpha value is -3.33. The summed E-state index contributed by atoms with van der Waals surface area (Å²) < 4.78 is 32.6. The minimum atomic E-state index is -1.08. The number of nitrogens with zero attached hydrogens (tertiary/aromatic N) is 2. The van der Waals surface area contributed by atoms with Crippen LogP contribution < -0.4 is 10.1 Å². The van der Waals surface area contributed by atoms with Gasteiger partial charge in [-0.2, -0.15) is 0 Å². The van der Waals surface area contributed by atoms with Crippen LogP contribution in [-0.2, 0) is 9.59 Å². The molecule has 0 saturated heterocycles. The van der Waals surface area contributed by atoms with Crippen LogP contribution in [0.1, 0.15) is 33.6 Å². The van der Waals surface area contributed by atoms with Crippen LogP contribution in [0, 0.1) is 11.6 Å². The number of amides is 2. The second-order valence-corrected chi connectivity index (χ2v) is 9.31. The topological polar surface area (TPSA) is 71.5 Å². The molecule has 1 aliphatic rings. The summed E-state index contributed by atoms with van der Waals surface area (Å²) in [6.07, 6.45) is 1.75. The minimum absolute atomic E-state index is 0.0618. The van der Waals surface area contributed by atoms with Gasteiger partial charge < -0.3 is 9.64 Å². The van der Waals surface area contributed by atoms with Gasteiger partial charge in [-0.25, -0.2) is 13.8 Å². The zero-order chi connectivity index (χ0) is 23.8. The van der Waals surface area contributed by atoms with E-state index in [0.29, 0.717) is 22.1 Å². The number of carbonyl (C=O) groups is 2. The number of anilines is 1. The first-order chi connectivity index (χ1) is 15.6. The van der Waals surface area contributed by atoms with E-state index in [1.807, 2.05) is 0 Å². The average molecular weight is 472 g/mol. The third kappa shape index (κ3) is 5.03. The van der Waals surface area contributed by atoms with E-state index in [1.54, 1.807) is 30.9 Å². The summed E-state index contributed by atoms with van der Waals surface area (Å²) in [5.74, 6) is -0.944. The zero-order valence-electron chi connectivity index (χ0n) is 18.4. The fourth-order valence-electron chi connectivity index (χ4n) is 3.63. The van der Waals surface area contributed by atoms with E-state index in [9.17, 15) is 18.4 Å². The highest BCUT2D eigenvalue weighted by molar-refractivity contribution is 7.18. The summed E-state index contributed by atoms with van der Waals surface area (Å²) in [5, 5.41) is 3.42. The van der Waals surface area contributed by atoms with E-state index < -0.39 is 17.2 Å². The van der Waals surface area contributed by atoms with Crippen LogP contribution >= 0.6 is 11.3 Å². The van der Waals surface area contributed by atoms with E-state index in [1.165, 1.54) is 43.3 Å². The van der Waals surface area contributed by atoms with Crippen LogP contribution in [0.2, 0.25) is 0 Å². The van der Waals surface area contributed by atoms with E-state index in [4.69, 9.17) is 4.74 Å². The van der Waals surface area contributed by atoms with E-state index >= 15 is 0 Å². The number of rotatable bonds is 7. The van der Waals surface area contributed by atoms with Crippen LogP contribution in [0.5, 0.6) is 10.8 Å². The molecule has 1 saturated carbocycles. The van der Waals surface area contributed by atoms with Crippen molar-refractivity contribution in [3.05, 3.63) is 60.2 Å². The van der Waals surface area contributed by atoms with Gasteiger partial charge in [0, 0.05) is 18.5 Å². The molecule has 1 fully saturated rings. The predicted molar refractivity (Wildman–Crippen MR) is 122 cm³/mol. The van der Waals surface area contributed by atoms with Gasteiger partial charge in [-0.1, -0.05) is 11.3 Å². The molecule has 0 bridgehead atoms. The second-order valence-electron chi connectivity index (χ2n) is 8.35. The van der Waals surface area contributed by atoms with Gasteiger partial charge in [-0.05, 0) is 75.2 Å². The Morgan fingerprint density at radius 2 is 1.64 bits per heavy atom. The Bertz CT molecular complexity index is 1170. The van der Waals surface area contributed by atoms with E-state index in [-0.39, 0.29) is 23.0 Å². The molecule has 1 aromatic heterocycles. The number of thiazole rings is 1. The van der Waals surface area contributed by atoms with Crippen molar-refractivity contribution in [2.45, 2.75) is 45.2 Å². The first-order valence-corrected chi connectivity index (χ1v) is 11.3. The molecule has 0 aliphatic heterocycles. The van der Waals surface area contributed by atoms with Crippen molar-refractivity contribution >= 4 is 28.3 Å². The quantitative estimate of drug-likeness (QED) is 0.486. The molecule has 3 aromatic rings. The number of halogens is 2. The Morgan fingerprint density at radius 3 is 2.18 bits per heavy atom. The molecule has 0 unspecified atom stereocenters. The van der Waals surface area contributed by atoms with Gasteiger partial charge in [0.25, 0.3) is 5.91 Å². The fourth-order valence-corrected chi connectivity index (χ4v) is 4.48. The summed E-state index contributed by atoms with van der Waals surface area (Å²) >= 11 is 1.09. The molecule has 1 N–H and O–H groups in total. The Kier molecular flexibility index (Phi) is 6.16. The number of nitrogens with one attached hydrogen (secondary N) is 1. The normalized spacial score (nSPS) is 13.5. The number of hydrogen-bond donors (Lipinski definition) is 1. The SMILES string of the molecule is CC(=O)N(C1CC1)C(C)(C)C(=O)Nc1nc(-c2ccc(F)cc2)c(Oc2ccc(F)cc2)s1. The summed E-state index contributed by atoms with van der Waals surface area (Å²) in [5.41, 5.74) is -0.0805. The average Bonchev–Trinajstić information content (AvgIpc) is 3.50. The first-order valence-electron chi connectivity index (χ1n) is 10.5. The van der Waals surface area contributed by atoms with Gasteiger partial charge in [0.2, 0.25) is 11.0 Å². The Balaban J connectivity index is 1.64. The third-order valence-corrected chi connectivity index (χ3v) is 6.22. The fraction of sp³-hybridized carbons (Fsp3) is 0.292. The molecular formula is C24H23F2N3O3S. The molecule has 33 heavy (non-hydrogen) atoms. The summed E-state index contributed by atoms with van der Waals surface area (Å²) in [4.78, 5) is 31.4. The highest BCUT2D eigenvalue weighted by Crippen LogP contribution is 2.41. The predicted octanol–water partition coefficient (Wildman–Crippen LogP) is 5.61. The van der Waals surface area contributed by atoms with Crippen molar-refractivity contribution in [2.24, 2.45) is 0 Å². The number of benzene rings is 2. The maximum absolute atomic E-state index is 13.4. The summed E-state index contributed by atoms with van der Waals surface area (Å²) in [6, 6.07) is 11.3. The van der Waals surface area contributed by atoms with Crippen molar-refractivity contribution < 1.29 is 23.1 Å². The Labute approximate surface area is 194 Å². The molecule has 0 spiro atoms. The Morgan fingerprint density at radius 1 is 1.06 bits per heavy atom. The van der Waals surface area contributed by atoms with E-state index in [2.05, 4.69) is 10.3 Å². The van der Waals surface area contributed by atoms with Crippen molar-refractivity contribution in [2.75, 3.05) is 5.32 Å². The molecule has 0 radical (unpaired) electrons. The second kappa shape index (κ2) is 8.90. The van der Waals surface area contributed by atoms with Crippen molar-refractivity contribution in [1.82, 2.24) is 9.88 Å². The summed E-state index contributed by atoms with van der Waals surface area (Å²) in [6.45, 7) is 4.86. The number of carbonyl (C=O) groups excluding carboxylic acids is 2. The lowest BCUT2D eigenvalue weighted by molar-refractivity contribution is -0.142. The zero-order valence-corrected chi connectivity index (χ0v) is 19.2.